The van der Waals surface area contributed by atoms with Crippen molar-refractivity contribution in [3.63, 3.8) is 0 Å². The third-order valence-corrected chi connectivity index (χ3v) is 7.98. The number of fused-ring (bicyclic) bond motifs is 1. The Morgan fingerprint density at radius 1 is 0.618 bits per heavy atom. The number of carbonyl (C=O) groups is 2. The molecule has 2 atom stereocenters. The largest absolute Gasteiger partial charge is 0.383 e. The fourth-order valence-corrected chi connectivity index (χ4v) is 6.64. The van der Waals surface area contributed by atoms with Crippen LogP contribution in [-0.4, -0.2) is 29.8 Å². The van der Waals surface area contributed by atoms with Gasteiger partial charge in [0.2, 0.25) is 11.8 Å². The van der Waals surface area contributed by atoms with Crippen LogP contribution in [-0.2, 0) is 9.59 Å². The molecule has 4 aromatic carbocycles. The van der Waals surface area contributed by atoms with E-state index >= 15 is 0 Å². The topological polar surface area (TPSA) is 49.4 Å². The predicted molar refractivity (Wildman–Crippen MR) is 133 cm³/mol. The van der Waals surface area contributed by atoms with Crippen molar-refractivity contribution in [1.82, 2.24) is 4.90 Å². The van der Waals surface area contributed by atoms with Crippen molar-refractivity contribution in [3.8, 4) is 0 Å². The molecule has 0 unspecified atom stereocenters. The molecule has 2 amide bonds. The van der Waals surface area contributed by atoms with Crippen LogP contribution >= 0.6 is 0 Å². The molecular formula is C30H24N2O2. The van der Waals surface area contributed by atoms with E-state index in [0.717, 1.165) is 11.1 Å². The summed E-state index contributed by atoms with van der Waals surface area (Å²) in [5.74, 6) is -0.744. The lowest BCUT2D eigenvalue weighted by Crippen LogP contribution is -2.41. The second-order valence-electron chi connectivity index (χ2n) is 9.55. The van der Waals surface area contributed by atoms with Crippen molar-refractivity contribution >= 4 is 28.3 Å². The highest BCUT2D eigenvalue weighted by Crippen LogP contribution is 2.60. The Bertz CT molecular complexity index is 1350. The van der Waals surface area contributed by atoms with Crippen LogP contribution in [0.3, 0.4) is 0 Å². The highest BCUT2D eigenvalue weighted by atomic mass is 16.2. The molecule has 1 fully saturated rings. The third-order valence-electron chi connectivity index (χ3n) is 7.98. The maximum absolute atomic E-state index is 13.7. The molecule has 1 saturated heterocycles. The van der Waals surface area contributed by atoms with Gasteiger partial charge in [-0.15, -0.1) is 0 Å². The number of nitrogens with one attached hydrogen (secondary N) is 1. The van der Waals surface area contributed by atoms with Gasteiger partial charge in [0.15, 0.2) is 0 Å². The lowest BCUT2D eigenvalue weighted by Gasteiger charge is -2.45. The Morgan fingerprint density at radius 2 is 1.12 bits per heavy atom. The molecule has 34 heavy (non-hydrogen) atoms. The summed E-state index contributed by atoms with van der Waals surface area (Å²) in [7, 11) is 0. The second-order valence-corrected chi connectivity index (χ2v) is 9.55. The number of nitrogens with zero attached hydrogens (tertiary/aromatic N) is 1. The molecule has 3 aliphatic carbocycles. The van der Waals surface area contributed by atoms with E-state index in [1.165, 1.54) is 32.5 Å². The van der Waals surface area contributed by atoms with Crippen molar-refractivity contribution < 1.29 is 9.59 Å². The van der Waals surface area contributed by atoms with Crippen LogP contribution < -0.4 is 5.32 Å². The first-order chi connectivity index (χ1) is 16.7. The zero-order valence-corrected chi connectivity index (χ0v) is 18.6. The van der Waals surface area contributed by atoms with Crippen LogP contribution in [0.1, 0.15) is 34.1 Å². The number of likely N-dealkylation sites (tertiary alicyclic amines) is 1. The summed E-state index contributed by atoms with van der Waals surface area (Å²) >= 11 is 0. The molecule has 4 aromatic rings. The van der Waals surface area contributed by atoms with E-state index in [4.69, 9.17) is 0 Å². The fraction of sp³-hybridized carbons (Fsp3) is 0.200. The molecule has 1 heterocycles. The first kappa shape index (κ1) is 19.5. The number of imide groups is 1. The molecule has 1 aliphatic heterocycles. The second kappa shape index (κ2) is 7.29. The normalized spacial score (nSPS) is 24.2. The van der Waals surface area contributed by atoms with E-state index in [1.54, 1.807) is 0 Å². The fourth-order valence-electron chi connectivity index (χ4n) is 6.64. The summed E-state index contributed by atoms with van der Waals surface area (Å²) < 4.78 is 0. The van der Waals surface area contributed by atoms with Crippen LogP contribution in [0.4, 0.5) is 5.69 Å². The zero-order chi connectivity index (χ0) is 22.8. The smallest absolute Gasteiger partial charge is 0.234 e. The average Bonchev–Trinajstić information content (AvgIpc) is 3.14. The van der Waals surface area contributed by atoms with Gasteiger partial charge in [-0.2, -0.15) is 0 Å². The SMILES string of the molecule is O=C1[C@H]2C3c4ccccc4C(c4ccccc43)[C@@H]2C(=O)N1CCNc1cccc2ccccc12. The van der Waals surface area contributed by atoms with Crippen LogP contribution in [0.15, 0.2) is 91.0 Å². The molecule has 4 nitrogen and oxygen atoms in total. The van der Waals surface area contributed by atoms with Gasteiger partial charge in [-0.25, -0.2) is 0 Å². The Balaban J connectivity index is 1.20. The molecule has 166 valence electrons. The number of hydrogen-bond donors (Lipinski definition) is 1. The molecule has 0 radical (unpaired) electrons. The number of hydrogen-bond acceptors (Lipinski definition) is 3. The Kier molecular flexibility index (Phi) is 4.19. The number of anilines is 1. The first-order valence-electron chi connectivity index (χ1n) is 12.0. The summed E-state index contributed by atoms with van der Waals surface area (Å²) in [5.41, 5.74) is 5.87. The quantitative estimate of drug-likeness (QED) is 0.443. The average molecular weight is 445 g/mol. The minimum absolute atomic E-state index is 0.0197. The Morgan fingerprint density at radius 3 is 1.71 bits per heavy atom. The van der Waals surface area contributed by atoms with Crippen molar-refractivity contribution in [2.75, 3.05) is 18.4 Å². The van der Waals surface area contributed by atoms with E-state index in [0.29, 0.717) is 13.1 Å². The molecule has 0 spiro atoms. The van der Waals surface area contributed by atoms with E-state index < -0.39 is 0 Å². The van der Waals surface area contributed by atoms with Gasteiger partial charge in [-0.1, -0.05) is 84.9 Å². The van der Waals surface area contributed by atoms with Gasteiger partial charge >= 0.3 is 0 Å². The highest BCUT2D eigenvalue weighted by molar-refractivity contribution is 6.07. The van der Waals surface area contributed by atoms with Crippen molar-refractivity contribution in [2.45, 2.75) is 11.8 Å². The van der Waals surface area contributed by atoms with E-state index in [9.17, 15) is 9.59 Å². The van der Waals surface area contributed by atoms with E-state index in [1.807, 2.05) is 48.5 Å². The molecule has 4 aliphatic rings. The summed E-state index contributed by atoms with van der Waals surface area (Å²) in [4.78, 5) is 28.9. The van der Waals surface area contributed by atoms with Gasteiger partial charge < -0.3 is 5.32 Å². The summed E-state index contributed by atoms with van der Waals surface area (Å²) in [6, 6.07) is 31.1. The molecule has 2 bridgehead atoms. The van der Waals surface area contributed by atoms with Crippen molar-refractivity contribution in [1.29, 1.82) is 0 Å². The van der Waals surface area contributed by atoms with Gasteiger partial charge in [0.25, 0.3) is 0 Å². The van der Waals surface area contributed by atoms with Crippen LogP contribution in [0.25, 0.3) is 10.8 Å². The number of carbonyl (C=O) groups excluding carboxylic acids is 2. The maximum atomic E-state index is 13.7. The third kappa shape index (κ3) is 2.59. The monoisotopic (exact) mass is 444 g/mol. The lowest BCUT2D eigenvalue weighted by molar-refractivity contribution is -0.139. The van der Waals surface area contributed by atoms with Crippen LogP contribution in [0.2, 0.25) is 0 Å². The minimum atomic E-state index is -0.306. The molecule has 8 rings (SSSR count). The van der Waals surface area contributed by atoms with E-state index in [2.05, 4.69) is 47.8 Å². The Hall–Kier alpha value is -3.92. The summed E-state index contributed by atoms with van der Waals surface area (Å²) in [6.07, 6.45) is 0. The molecule has 0 saturated carbocycles. The van der Waals surface area contributed by atoms with Gasteiger partial charge in [-0.3, -0.25) is 14.5 Å². The molecule has 0 aromatic heterocycles. The molecule has 4 heteroatoms. The van der Waals surface area contributed by atoms with Crippen LogP contribution in [0.5, 0.6) is 0 Å². The van der Waals surface area contributed by atoms with Gasteiger partial charge in [0.05, 0.1) is 11.8 Å². The molecule has 1 N–H and O–H groups in total. The molecular weight excluding hydrogens is 420 g/mol. The van der Waals surface area contributed by atoms with Gasteiger partial charge in [-0.05, 0) is 33.7 Å². The lowest BCUT2D eigenvalue weighted by atomic mass is 9.55. The number of rotatable bonds is 4. The van der Waals surface area contributed by atoms with Crippen LogP contribution in [0, 0.1) is 11.8 Å². The standard InChI is InChI=1S/C30H24N2O2/c33-29-27-25-20-11-3-4-12-21(20)26(23-14-6-5-13-22(23)25)28(27)30(34)32(29)17-16-31-24-15-7-9-18-8-1-2-10-19(18)24/h1-15,25-28,31H,16-17H2/t25?,26?,27-,28-/m0/s1. The number of amides is 2. The summed E-state index contributed by atoms with van der Waals surface area (Å²) in [5, 5.41) is 5.77. The van der Waals surface area contributed by atoms with Gasteiger partial charge in [0.1, 0.15) is 0 Å². The highest BCUT2D eigenvalue weighted by Gasteiger charge is 2.61. The van der Waals surface area contributed by atoms with Crippen molar-refractivity contribution in [2.24, 2.45) is 11.8 Å². The van der Waals surface area contributed by atoms with Gasteiger partial charge in [0, 0.05) is 36.0 Å². The predicted octanol–water partition coefficient (Wildman–Crippen LogP) is 5.14. The first-order valence-corrected chi connectivity index (χ1v) is 12.0. The number of benzene rings is 4. The van der Waals surface area contributed by atoms with E-state index in [-0.39, 0.29) is 35.5 Å². The Labute approximate surface area is 198 Å². The summed E-state index contributed by atoms with van der Waals surface area (Å²) in [6.45, 7) is 0.903. The van der Waals surface area contributed by atoms with Crippen molar-refractivity contribution in [3.05, 3.63) is 113 Å². The maximum Gasteiger partial charge on any atom is 0.234 e. The minimum Gasteiger partial charge on any atom is -0.383 e. The zero-order valence-electron chi connectivity index (χ0n) is 18.6.